The fourth-order valence-electron chi connectivity index (χ4n) is 1.88. The van der Waals surface area contributed by atoms with E-state index in [-0.39, 0.29) is 0 Å². The Morgan fingerprint density at radius 2 is 2.12 bits per heavy atom. The number of imidazole rings is 1. The van der Waals surface area contributed by atoms with Crippen LogP contribution in [0.2, 0.25) is 0 Å². The molecule has 0 aliphatic heterocycles. The molecule has 3 heteroatoms. The van der Waals surface area contributed by atoms with Crippen molar-refractivity contribution in [3.8, 4) is 0 Å². The highest BCUT2D eigenvalue weighted by Gasteiger charge is 2.02. The number of aliphatic hydroxyl groups is 1. The van der Waals surface area contributed by atoms with E-state index in [1.165, 1.54) is 5.56 Å². The van der Waals surface area contributed by atoms with Crippen LogP contribution < -0.4 is 0 Å². The van der Waals surface area contributed by atoms with Crippen molar-refractivity contribution >= 4 is 11.0 Å². The Morgan fingerprint density at radius 1 is 1.25 bits per heavy atom. The molecule has 1 aromatic carbocycles. The fraction of sp³-hybridized carbons (Fsp3) is 0.462. The summed E-state index contributed by atoms with van der Waals surface area (Å²) in [6.45, 7) is 2.38. The second-order valence-electron chi connectivity index (χ2n) is 4.24. The largest absolute Gasteiger partial charge is 0.396 e. The number of aryl methyl sites for hydroxylation is 2. The van der Waals surface area contributed by atoms with Crippen LogP contribution in [0, 0.1) is 6.92 Å². The number of unbranched alkanes of at least 4 members (excludes halogenated alkanes) is 2. The number of nitrogens with one attached hydrogen (secondary N) is 1. The number of H-pyrrole nitrogens is 1. The van der Waals surface area contributed by atoms with Gasteiger partial charge in [0.15, 0.2) is 0 Å². The van der Waals surface area contributed by atoms with Crippen molar-refractivity contribution in [1.82, 2.24) is 9.97 Å². The van der Waals surface area contributed by atoms with E-state index in [1.807, 2.05) is 0 Å². The molecule has 2 rings (SSSR count). The maximum Gasteiger partial charge on any atom is 0.107 e. The second-order valence-corrected chi connectivity index (χ2v) is 4.24. The van der Waals surface area contributed by atoms with Crippen LogP contribution in [0.4, 0.5) is 0 Å². The summed E-state index contributed by atoms with van der Waals surface area (Å²) in [5.74, 6) is 1.05. The van der Waals surface area contributed by atoms with Crippen LogP contribution in [-0.4, -0.2) is 21.7 Å². The number of hydrogen-bond acceptors (Lipinski definition) is 2. The predicted molar refractivity (Wildman–Crippen MR) is 65.5 cm³/mol. The molecular formula is C13H18N2O. The highest BCUT2D eigenvalue weighted by molar-refractivity contribution is 5.75. The molecule has 0 fully saturated rings. The number of hydrogen-bond donors (Lipinski definition) is 2. The van der Waals surface area contributed by atoms with Crippen molar-refractivity contribution in [3.05, 3.63) is 29.6 Å². The molecule has 0 aliphatic rings. The third-order valence-electron chi connectivity index (χ3n) is 2.76. The molecule has 0 radical (unpaired) electrons. The van der Waals surface area contributed by atoms with E-state index in [0.717, 1.165) is 42.5 Å². The van der Waals surface area contributed by atoms with E-state index in [9.17, 15) is 0 Å². The molecule has 16 heavy (non-hydrogen) atoms. The molecule has 0 saturated carbocycles. The molecule has 0 atom stereocenters. The zero-order valence-corrected chi connectivity index (χ0v) is 9.66. The highest BCUT2D eigenvalue weighted by Crippen LogP contribution is 2.14. The summed E-state index contributed by atoms with van der Waals surface area (Å²) in [5.41, 5.74) is 3.42. The van der Waals surface area contributed by atoms with E-state index in [4.69, 9.17) is 5.11 Å². The summed E-state index contributed by atoms with van der Waals surface area (Å²) in [4.78, 5) is 7.87. The number of aromatic nitrogens is 2. The van der Waals surface area contributed by atoms with Crippen LogP contribution >= 0.6 is 0 Å². The summed E-state index contributed by atoms with van der Waals surface area (Å²) in [5, 5.41) is 8.68. The summed E-state index contributed by atoms with van der Waals surface area (Å²) >= 11 is 0. The molecule has 2 N–H and O–H groups in total. The Hall–Kier alpha value is -1.35. The van der Waals surface area contributed by atoms with Gasteiger partial charge in [0.05, 0.1) is 11.0 Å². The van der Waals surface area contributed by atoms with E-state index in [0.29, 0.717) is 6.61 Å². The van der Waals surface area contributed by atoms with Gasteiger partial charge in [-0.05, 0) is 37.5 Å². The molecule has 3 nitrogen and oxygen atoms in total. The van der Waals surface area contributed by atoms with Gasteiger partial charge in [0, 0.05) is 13.0 Å². The summed E-state index contributed by atoms with van der Waals surface area (Å²) in [6, 6.07) is 6.26. The lowest BCUT2D eigenvalue weighted by Crippen LogP contribution is -1.89. The molecule has 0 spiro atoms. The summed E-state index contributed by atoms with van der Waals surface area (Å²) < 4.78 is 0. The number of aliphatic hydroxyl groups excluding tert-OH is 1. The van der Waals surface area contributed by atoms with E-state index in [2.05, 4.69) is 35.1 Å². The first-order chi connectivity index (χ1) is 7.79. The first-order valence-corrected chi connectivity index (χ1v) is 5.86. The van der Waals surface area contributed by atoms with Gasteiger partial charge in [-0.2, -0.15) is 0 Å². The molecule has 1 heterocycles. The molecule has 86 valence electrons. The number of nitrogens with zero attached hydrogens (tertiary/aromatic N) is 1. The van der Waals surface area contributed by atoms with Gasteiger partial charge in [0.25, 0.3) is 0 Å². The zero-order valence-electron chi connectivity index (χ0n) is 9.66. The van der Waals surface area contributed by atoms with E-state index >= 15 is 0 Å². The monoisotopic (exact) mass is 218 g/mol. The van der Waals surface area contributed by atoms with Crippen LogP contribution in [0.5, 0.6) is 0 Å². The Morgan fingerprint density at radius 3 is 2.94 bits per heavy atom. The number of benzene rings is 1. The molecule has 0 aliphatic carbocycles. The quantitative estimate of drug-likeness (QED) is 0.758. The Balaban J connectivity index is 2.02. The highest BCUT2D eigenvalue weighted by atomic mass is 16.2. The van der Waals surface area contributed by atoms with Crippen LogP contribution in [0.3, 0.4) is 0 Å². The zero-order chi connectivity index (χ0) is 11.4. The van der Waals surface area contributed by atoms with E-state index < -0.39 is 0 Å². The van der Waals surface area contributed by atoms with Gasteiger partial charge in [-0.15, -0.1) is 0 Å². The van der Waals surface area contributed by atoms with Crippen molar-refractivity contribution in [3.63, 3.8) is 0 Å². The van der Waals surface area contributed by atoms with E-state index in [1.54, 1.807) is 0 Å². The van der Waals surface area contributed by atoms with Crippen molar-refractivity contribution in [2.45, 2.75) is 32.6 Å². The third kappa shape index (κ3) is 2.61. The second kappa shape index (κ2) is 5.12. The minimum atomic E-state index is 0.291. The molecule has 0 amide bonds. The van der Waals surface area contributed by atoms with Crippen molar-refractivity contribution < 1.29 is 5.11 Å². The van der Waals surface area contributed by atoms with Gasteiger partial charge in [-0.1, -0.05) is 12.5 Å². The molecule has 0 saturated heterocycles. The minimum absolute atomic E-state index is 0.291. The Labute approximate surface area is 95.5 Å². The molecule has 1 aromatic heterocycles. The van der Waals surface area contributed by atoms with Gasteiger partial charge < -0.3 is 10.1 Å². The maximum atomic E-state index is 8.68. The fourth-order valence-corrected chi connectivity index (χ4v) is 1.88. The molecular weight excluding hydrogens is 200 g/mol. The van der Waals surface area contributed by atoms with Gasteiger partial charge >= 0.3 is 0 Å². The molecule has 0 unspecified atom stereocenters. The average Bonchev–Trinajstić information content (AvgIpc) is 2.66. The van der Waals surface area contributed by atoms with Crippen molar-refractivity contribution in [2.75, 3.05) is 6.61 Å². The normalized spacial score (nSPS) is 11.1. The first-order valence-electron chi connectivity index (χ1n) is 5.86. The van der Waals surface area contributed by atoms with Gasteiger partial charge in [-0.25, -0.2) is 4.98 Å². The van der Waals surface area contributed by atoms with Crippen LogP contribution in [-0.2, 0) is 6.42 Å². The molecule has 2 aromatic rings. The van der Waals surface area contributed by atoms with Gasteiger partial charge in [-0.3, -0.25) is 0 Å². The number of aromatic amines is 1. The lowest BCUT2D eigenvalue weighted by Gasteiger charge is -1.95. The number of rotatable bonds is 5. The lowest BCUT2D eigenvalue weighted by atomic mass is 10.2. The minimum Gasteiger partial charge on any atom is -0.396 e. The summed E-state index contributed by atoms with van der Waals surface area (Å²) in [7, 11) is 0. The smallest absolute Gasteiger partial charge is 0.107 e. The third-order valence-corrected chi connectivity index (χ3v) is 2.76. The number of fused-ring (bicyclic) bond motifs is 1. The summed E-state index contributed by atoms with van der Waals surface area (Å²) in [6.07, 6.45) is 4.00. The average molecular weight is 218 g/mol. The van der Waals surface area contributed by atoms with Crippen LogP contribution in [0.1, 0.15) is 30.7 Å². The van der Waals surface area contributed by atoms with Gasteiger partial charge in [0.1, 0.15) is 5.82 Å². The Kier molecular flexibility index (Phi) is 3.57. The predicted octanol–water partition coefficient (Wildman–Crippen LogP) is 2.58. The van der Waals surface area contributed by atoms with Crippen LogP contribution in [0.25, 0.3) is 11.0 Å². The molecule has 0 bridgehead atoms. The van der Waals surface area contributed by atoms with Gasteiger partial charge in [0.2, 0.25) is 0 Å². The Bertz CT molecular complexity index is 462. The lowest BCUT2D eigenvalue weighted by molar-refractivity contribution is 0.283. The topological polar surface area (TPSA) is 48.9 Å². The van der Waals surface area contributed by atoms with Crippen molar-refractivity contribution in [1.29, 1.82) is 0 Å². The van der Waals surface area contributed by atoms with Crippen LogP contribution in [0.15, 0.2) is 18.2 Å². The first kappa shape index (κ1) is 11.1. The SMILES string of the molecule is Cc1ccc2nc(CCCCCO)[nH]c2c1. The van der Waals surface area contributed by atoms with Crippen molar-refractivity contribution in [2.24, 2.45) is 0 Å². The standard InChI is InChI=1S/C13H18N2O/c1-10-6-7-11-12(9-10)15-13(14-11)5-3-2-4-8-16/h6-7,9,16H,2-5,8H2,1H3,(H,14,15). The maximum absolute atomic E-state index is 8.68.